The lowest BCUT2D eigenvalue weighted by Gasteiger charge is -2.27. The lowest BCUT2D eigenvalue weighted by molar-refractivity contribution is -0.134. The largest absolute Gasteiger partial charge is 0.379 e. The normalized spacial score (nSPS) is 25.1. The van der Waals surface area contributed by atoms with Gasteiger partial charge in [-0.25, -0.2) is 8.42 Å². The molecule has 45 heavy (non-hydrogen) atoms. The van der Waals surface area contributed by atoms with Crippen molar-refractivity contribution in [2.24, 2.45) is 17.8 Å². The Bertz CT molecular complexity index is 1380. The van der Waals surface area contributed by atoms with Gasteiger partial charge in [0.1, 0.15) is 11.4 Å². The van der Waals surface area contributed by atoms with Crippen LogP contribution in [0.1, 0.15) is 75.5 Å². The molecule has 0 bridgehead atoms. The van der Waals surface area contributed by atoms with Crippen LogP contribution in [-0.4, -0.2) is 93.4 Å². The summed E-state index contributed by atoms with van der Waals surface area (Å²) < 4.78 is 35.1. The average Bonchev–Trinajstić information content (AvgIpc) is 3.54. The molecule has 0 unspecified atom stereocenters. The number of ketones is 3. The van der Waals surface area contributed by atoms with Crippen LogP contribution >= 0.6 is 0 Å². The summed E-state index contributed by atoms with van der Waals surface area (Å²) in [6.07, 6.45) is 5.73. The molecule has 1 aromatic rings. The lowest BCUT2D eigenvalue weighted by Crippen LogP contribution is -2.46. The van der Waals surface area contributed by atoms with Crippen molar-refractivity contribution < 1.29 is 37.1 Å². The molecule has 0 spiro atoms. The summed E-state index contributed by atoms with van der Waals surface area (Å²) >= 11 is 0. The fourth-order valence-corrected chi connectivity index (χ4v) is 8.49. The molecule has 3 fully saturated rings. The third-order valence-electron chi connectivity index (χ3n) is 9.97. The molecular weight excluding hydrogens is 596 g/mol. The maximum absolute atomic E-state index is 14.0. The molecule has 3 aliphatic heterocycles. The number of Topliss-reactive ketones (excluding diaryl/α,β-unsaturated/α-hetero) is 3. The average molecular weight is 645 g/mol. The van der Waals surface area contributed by atoms with Crippen LogP contribution in [0.3, 0.4) is 0 Å². The van der Waals surface area contributed by atoms with E-state index in [1.807, 2.05) is 17.0 Å². The van der Waals surface area contributed by atoms with Gasteiger partial charge in [0.05, 0.1) is 43.9 Å². The summed E-state index contributed by atoms with van der Waals surface area (Å²) in [5.41, 5.74) is 1.69. The van der Waals surface area contributed by atoms with Gasteiger partial charge in [-0.3, -0.25) is 24.1 Å². The maximum Gasteiger partial charge on any atom is 0.223 e. The Morgan fingerprint density at radius 1 is 1.07 bits per heavy atom. The summed E-state index contributed by atoms with van der Waals surface area (Å²) in [5.74, 6) is -1.27. The molecule has 1 aliphatic carbocycles. The summed E-state index contributed by atoms with van der Waals surface area (Å²) in [4.78, 5) is 55.8. The number of nitrogens with zero attached hydrogens (tertiary/aromatic N) is 1. The Kier molecular flexibility index (Phi) is 10.9. The van der Waals surface area contributed by atoms with Gasteiger partial charge in [0.15, 0.2) is 21.4 Å². The number of amides is 1. The Hall–Kier alpha value is -2.47. The molecule has 5 rings (SSSR count). The van der Waals surface area contributed by atoms with Crippen molar-refractivity contribution in [3.63, 3.8) is 0 Å². The highest BCUT2D eigenvalue weighted by molar-refractivity contribution is 7.90. The minimum atomic E-state index is -3.12. The van der Waals surface area contributed by atoms with Gasteiger partial charge in [-0.2, -0.15) is 0 Å². The number of morpholine rings is 1. The predicted octanol–water partition coefficient (Wildman–Crippen LogP) is 2.63. The van der Waals surface area contributed by atoms with Crippen LogP contribution in [0.15, 0.2) is 18.2 Å². The number of aryl methyl sites for hydroxylation is 1. The molecule has 3 heterocycles. The first-order valence-electron chi connectivity index (χ1n) is 16.5. The van der Waals surface area contributed by atoms with Crippen LogP contribution in [0.5, 0.6) is 0 Å². The smallest absolute Gasteiger partial charge is 0.223 e. The molecule has 0 radical (unpaired) electrons. The first kappa shape index (κ1) is 33.9. The zero-order valence-electron chi connectivity index (χ0n) is 26.7. The number of sulfone groups is 1. The number of fused-ring (bicyclic) bond motifs is 1. The summed E-state index contributed by atoms with van der Waals surface area (Å²) in [6, 6.07) is 4.68. The minimum absolute atomic E-state index is 0.00347. The number of hydrogen-bond donors (Lipinski definition) is 1. The van der Waals surface area contributed by atoms with E-state index in [1.54, 1.807) is 19.9 Å². The quantitative estimate of drug-likeness (QED) is 0.286. The van der Waals surface area contributed by atoms with Crippen molar-refractivity contribution >= 4 is 33.1 Å². The molecule has 10 nitrogen and oxygen atoms in total. The van der Waals surface area contributed by atoms with Crippen molar-refractivity contribution in [3.8, 4) is 0 Å². The zero-order chi connectivity index (χ0) is 32.2. The van der Waals surface area contributed by atoms with Gasteiger partial charge in [0.25, 0.3) is 0 Å². The van der Waals surface area contributed by atoms with Gasteiger partial charge in [-0.05, 0) is 48.8 Å². The van der Waals surface area contributed by atoms with Gasteiger partial charge >= 0.3 is 0 Å². The standard InChI is InChI=1S/C34H48N2O8S/c1-23(15-29(37)20-36-10-12-43-13-11-36)33(40)35-30(18-25-7-8-27-21-45(41,42)14-9-26(27)17-25)31(38)19-28(16-24-5-3-4-6-24)32(39)34(2)22-44-34/h7-8,17,23-24,28,30H,3-6,9-16,18-22H2,1-2H3,(H,35,40)/t23-,28-,30+,34-/m1/s1. The number of carbonyl (C=O) groups is 4. The van der Waals surface area contributed by atoms with Crippen molar-refractivity contribution in [1.29, 1.82) is 0 Å². The Morgan fingerprint density at radius 3 is 2.47 bits per heavy atom. The van der Waals surface area contributed by atoms with E-state index in [-0.39, 0.29) is 60.6 Å². The fourth-order valence-electron chi connectivity index (χ4n) is 7.06. The van der Waals surface area contributed by atoms with Gasteiger partial charge in [0.2, 0.25) is 5.91 Å². The van der Waals surface area contributed by atoms with E-state index in [0.717, 1.165) is 42.4 Å². The van der Waals surface area contributed by atoms with E-state index in [0.29, 0.717) is 51.7 Å². The molecular formula is C34H48N2O8S. The number of carbonyl (C=O) groups excluding carboxylic acids is 4. The van der Waals surface area contributed by atoms with Crippen LogP contribution in [-0.2, 0) is 57.1 Å². The fraction of sp³-hybridized carbons (Fsp3) is 0.706. The van der Waals surface area contributed by atoms with E-state index in [9.17, 15) is 27.6 Å². The van der Waals surface area contributed by atoms with E-state index < -0.39 is 33.3 Å². The first-order chi connectivity index (χ1) is 21.4. The van der Waals surface area contributed by atoms with Crippen molar-refractivity contribution in [2.75, 3.05) is 45.2 Å². The lowest BCUT2D eigenvalue weighted by atomic mass is 9.81. The maximum atomic E-state index is 14.0. The molecule has 2 saturated heterocycles. The van der Waals surface area contributed by atoms with E-state index in [1.165, 1.54) is 0 Å². The van der Waals surface area contributed by atoms with Gasteiger partial charge < -0.3 is 14.8 Å². The van der Waals surface area contributed by atoms with E-state index in [4.69, 9.17) is 9.47 Å². The van der Waals surface area contributed by atoms with Crippen molar-refractivity contribution in [2.45, 2.75) is 89.0 Å². The van der Waals surface area contributed by atoms with Gasteiger partial charge in [-0.15, -0.1) is 0 Å². The van der Waals surface area contributed by atoms with Crippen LogP contribution in [0.25, 0.3) is 0 Å². The number of ether oxygens (including phenoxy) is 2. The third-order valence-corrected chi connectivity index (χ3v) is 11.5. The molecule has 1 N–H and O–H groups in total. The second-order valence-corrected chi connectivity index (χ2v) is 16.1. The predicted molar refractivity (Wildman–Crippen MR) is 168 cm³/mol. The van der Waals surface area contributed by atoms with Gasteiger partial charge in [0, 0.05) is 37.8 Å². The van der Waals surface area contributed by atoms with Crippen LogP contribution in [0.2, 0.25) is 0 Å². The van der Waals surface area contributed by atoms with Crippen LogP contribution < -0.4 is 5.32 Å². The highest BCUT2D eigenvalue weighted by atomic mass is 32.2. The molecule has 1 aromatic carbocycles. The van der Waals surface area contributed by atoms with Crippen molar-refractivity contribution in [3.05, 3.63) is 34.9 Å². The highest BCUT2D eigenvalue weighted by Gasteiger charge is 2.50. The van der Waals surface area contributed by atoms with E-state index >= 15 is 0 Å². The molecule has 4 aliphatic rings. The Labute approximate surface area is 266 Å². The van der Waals surface area contributed by atoms with E-state index in [2.05, 4.69) is 5.32 Å². The molecule has 1 amide bonds. The summed E-state index contributed by atoms with van der Waals surface area (Å²) in [5, 5.41) is 2.95. The second-order valence-electron chi connectivity index (χ2n) is 13.9. The Balaban J connectivity index is 1.30. The highest BCUT2D eigenvalue weighted by Crippen LogP contribution is 2.37. The van der Waals surface area contributed by atoms with Gasteiger partial charge in [-0.1, -0.05) is 50.8 Å². The number of benzene rings is 1. The number of nitrogens with one attached hydrogen (secondary N) is 1. The number of rotatable bonds is 15. The molecule has 4 atom stereocenters. The van der Waals surface area contributed by atoms with Crippen LogP contribution in [0, 0.1) is 17.8 Å². The monoisotopic (exact) mass is 644 g/mol. The number of epoxide rings is 1. The molecule has 11 heteroatoms. The summed E-state index contributed by atoms with van der Waals surface area (Å²) in [6.45, 7) is 6.64. The van der Waals surface area contributed by atoms with Crippen molar-refractivity contribution in [1.82, 2.24) is 10.2 Å². The second kappa shape index (κ2) is 14.5. The molecule has 0 aromatic heterocycles. The zero-order valence-corrected chi connectivity index (χ0v) is 27.5. The third kappa shape index (κ3) is 9.30. The number of hydrogen-bond acceptors (Lipinski definition) is 9. The minimum Gasteiger partial charge on any atom is -0.379 e. The molecule has 1 saturated carbocycles. The first-order valence-corrected chi connectivity index (χ1v) is 18.4. The Morgan fingerprint density at radius 2 is 1.78 bits per heavy atom. The summed E-state index contributed by atoms with van der Waals surface area (Å²) in [7, 11) is -3.12. The molecule has 248 valence electrons. The van der Waals surface area contributed by atoms with Crippen LogP contribution in [0.4, 0.5) is 0 Å². The SMILES string of the molecule is C[C@H](CC(=O)CN1CCOCC1)C(=O)N[C@@H](Cc1ccc2c(c1)CCS(=O)(=O)C2)C(=O)C[C@@H](CC1CCCC1)C(=O)[C@@]1(C)CO1. The topological polar surface area (TPSA) is 139 Å².